The van der Waals surface area contributed by atoms with Gasteiger partial charge in [-0.3, -0.25) is 0 Å². The maximum Gasteiger partial charge on any atom is 0.216 e. The third kappa shape index (κ3) is 3.19. The fourth-order valence-electron chi connectivity index (χ4n) is 2.69. The van der Waals surface area contributed by atoms with Gasteiger partial charge in [-0.2, -0.15) is 0 Å². The number of nitrogens with zero attached hydrogens (tertiary/aromatic N) is 1. The predicted octanol–water partition coefficient (Wildman–Crippen LogP) is -0.106. The SMILES string of the molecule is CCOCCS(=O)(=O)N1CCC2CNCC2C1. The van der Waals surface area contributed by atoms with Crippen LogP contribution >= 0.6 is 0 Å². The van der Waals surface area contributed by atoms with Gasteiger partial charge < -0.3 is 10.1 Å². The summed E-state index contributed by atoms with van der Waals surface area (Å²) in [6.45, 7) is 6.14. The van der Waals surface area contributed by atoms with Crippen molar-refractivity contribution in [1.29, 1.82) is 0 Å². The topological polar surface area (TPSA) is 58.6 Å². The second-order valence-corrected chi connectivity index (χ2v) is 6.93. The minimum Gasteiger partial charge on any atom is -0.381 e. The van der Waals surface area contributed by atoms with E-state index in [1.165, 1.54) is 0 Å². The van der Waals surface area contributed by atoms with Crippen LogP contribution in [0.2, 0.25) is 0 Å². The third-order valence-corrected chi connectivity index (χ3v) is 5.55. The quantitative estimate of drug-likeness (QED) is 0.703. The third-order valence-electron chi connectivity index (χ3n) is 3.75. The van der Waals surface area contributed by atoms with Gasteiger partial charge in [-0.05, 0) is 38.3 Å². The monoisotopic (exact) mass is 262 g/mol. The molecule has 0 saturated carbocycles. The Kier molecular flexibility index (Phi) is 4.41. The molecule has 1 N–H and O–H groups in total. The van der Waals surface area contributed by atoms with Crippen molar-refractivity contribution >= 4 is 10.0 Å². The van der Waals surface area contributed by atoms with Crippen LogP contribution in [-0.4, -0.2) is 57.9 Å². The molecular formula is C11H22N2O3S. The van der Waals surface area contributed by atoms with Gasteiger partial charge in [0.05, 0.1) is 12.4 Å². The Bertz CT molecular complexity index is 345. The molecule has 2 saturated heterocycles. The molecular weight excluding hydrogens is 240 g/mol. The molecule has 0 bridgehead atoms. The zero-order valence-electron chi connectivity index (χ0n) is 10.4. The van der Waals surface area contributed by atoms with Gasteiger partial charge in [0.25, 0.3) is 0 Å². The summed E-state index contributed by atoms with van der Waals surface area (Å²) < 4.78 is 30.9. The molecule has 2 aliphatic heterocycles. The fourth-order valence-corrected chi connectivity index (χ4v) is 4.08. The molecule has 0 amide bonds. The van der Waals surface area contributed by atoms with Crippen LogP contribution in [0.25, 0.3) is 0 Å². The van der Waals surface area contributed by atoms with Gasteiger partial charge in [-0.15, -0.1) is 0 Å². The van der Waals surface area contributed by atoms with Crippen LogP contribution in [-0.2, 0) is 14.8 Å². The van der Waals surface area contributed by atoms with E-state index in [2.05, 4.69) is 5.32 Å². The number of nitrogens with one attached hydrogen (secondary N) is 1. The van der Waals surface area contributed by atoms with Gasteiger partial charge >= 0.3 is 0 Å². The number of hydrogen-bond donors (Lipinski definition) is 1. The summed E-state index contributed by atoms with van der Waals surface area (Å²) in [6.07, 6.45) is 0.992. The zero-order chi connectivity index (χ0) is 12.3. The average molecular weight is 262 g/mol. The van der Waals surface area contributed by atoms with Crippen molar-refractivity contribution < 1.29 is 13.2 Å². The highest BCUT2D eigenvalue weighted by molar-refractivity contribution is 7.89. The molecule has 6 heteroatoms. The second-order valence-electron chi connectivity index (χ2n) is 4.84. The number of fused-ring (bicyclic) bond motifs is 1. The Balaban J connectivity index is 1.88. The minimum atomic E-state index is -3.11. The van der Waals surface area contributed by atoms with Crippen molar-refractivity contribution in [1.82, 2.24) is 9.62 Å². The lowest BCUT2D eigenvalue weighted by Crippen LogP contribution is -2.44. The van der Waals surface area contributed by atoms with E-state index in [4.69, 9.17) is 4.74 Å². The Labute approximate surface area is 104 Å². The van der Waals surface area contributed by atoms with Gasteiger partial charge in [0, 0.05) is 19.7 Å². The molecule has 0 aromatic rings. The maximum atomic E-state index is 12.1. The fraction of sp³-hybridized carbons (Fsp3) is 1.00. The molecule has 2 atom stereocenters. The van der Waals surface area contributed by atoms with Crippen molar-refractivity contribution in [2.75, 3.05) is 45.1 Å². The molecule has 0 aliphatic carbocycles. The Morgan fingerprint density at radius 2 is 2.12 bits per heavy atom. The van der Waals surface area contributed by atoms with Gasteiger partial charge in [-0.1, -0.05) is 0 Å². The molecule has 17 heavy (non-hydrogen) atoms. The van der Waals surface area contributed by atoms with Crippen LogP contribution in [0, 0.1) is 11.8 Å². The zero-order valence-corrected chi connectivity index (χ0v) is 11.2. The minimum absolute atomic E-state index is 0.117. The summed E-state index contributed by atoms with van der Waals surface area (Å²) in [5.41, 5.74) is 0. The Morgan fingerprint density at radius 3 is 2.88 bits per heavy atom. The molecule has 2 rings (SSSR count). The summed E-state index contributed by atoms with van der Waals surface area (Å²) >= 11 is 0. The first-order valence-electron chi connectivity index (χ1n) is 6.39. The van der Waals surface area contributed by atoms with E-state index in [9.17, 15) is 8.42 Å². The Morgan fingerprint density at radius 1 is 1.35 bits per heavy atom. The number of piperidine rings is 1. The number of sulfonamides is 1. The highest BCUT2D eigenvalue weighted by atomic mass is 32.2. The predicted molar refractivity (Wildman–Crippen MR) is 66.3 cm³/mol. The molecule has 2 unspecified atom stereocenters. The van der Waals surface area contributed by atoms with E-state index in [1.54, 1.807) is 4.31 Å². The largest absolute Gasteiger partial charge is 0.381 e. The molecule has 0 radical (unpaired) electrons. The van der Waals surface area contributed by atoms with Crippen LogP contribution in [0.15, 0.2) is 0 Å². The van der Waals surface area contributed by atoms with Crippen molar-refractivity contribution in [3.63, 3.8) is 0 Å². The summed E-state index contributed by atoms with van der Waals surface area (Å²) in [7, 11) is -3.11. The lowest BCUT2D eigenvalue weighted by atomic mass is 9.90. The van der Waals surface area contributed by atoms with Gasteiger partial charge in [-0.25, -0.2) is 12.7 Å². The van der Waals surface area contributed by atoms with Crippen molar-refractivity contribution in [3.8, 4) is 0 Å². The molecule has 0 aromatic heterocycles. The average Bonchev–Trinajstić information content (AvgIpc) is 2.76. The van der Waals surface area contributed by atoms with E-state index in [0.717, 1.165) is 19.5 Å². The van der Waals surface area contributed by atoms with Crippen LogP contribution < -0.4 is 5.32 Å². The van der Waals surface area contributed by atoms with Gasteiger partial charge in [0.15, 0.2) is 0 Å². The molecule has 5 nitrogen and oxygen atoms in total. The van der Waals surface area contributed by atoms with E-state index >= 15 is 0 Å². The van der Waals surface area contributed by atoms with Crippen LogP contribution in [0.4, 0.5) is 0 Å². The molecule has 2 fully saturated rings. The second kappa shape index (κ2) is 5.65. The van der Waals surface area contributed by atoms with Crippen molar-refractivity contribution in [3.05, 3.63) is 0 Å². The normalized spacial score (nSPS) is 30.4. The summed E-state index contributed by atoms with van der Waals surface area (Å²) in [5, 5.41) is 3.34. The van der Waals surface area contributed by atoms with Gasteiger partial charge in [0.1, 0.15) is 0 Å². The molecule has 0 aromatic carbocycles. The standard InChI is InChI=1S/C11H22N2O3S/c1-2-16-5-6-17(14,15)13-4-3-10-7-12-8-11(10)9-13/h10-12H,2-9H2,1H3. The highest BCUT2D eigenvalue weighted by Gasteiger charge is 2.36. The lowest BCUT2D eigenvalue weighted by Gasteiger charge is -2.33. The van der Waals surface area contributed by atoms with E-state index < -0.39 is 10.0 Å². The van der Waals surface area contributed by atoms with Crippen LogP contribution in [0.3, 0.4) is 0 Å². The van der Waals surface area contributed by atoms with Crippen molar-refractivity contribution in [2.24, 2.45) is 11.8 Å². The smallest absolute Gasteiger partial charge is 0.216 e. The van der Waals surface area contributed by atoms with E-state index in [0.29, 0.717) is 38.1 Å². The molecule has 100 valence electrons. The molecule has 2 aliphatic rings. The maximum absolute atomic E-state index is 12.1. The number of hydrogen-bond acceptors (Lipinski definition) is 4. The van der Waals surface area contributed by atoms with E-state index in [-0.39, 0.29) is 5.75 Å². The lowest BCUT2D eigenvalue weighted by molar-refractivity contribution is 0.161. The van der Waals surface area contributed by atoms with Crippen molar-refractivity contribution in [2.45, 2.75) is 13.3 Å². The first kappa shape index (κ1) is 13.3. The summed E-state index contributed by atoms with van der Waals surface area (Å²) in [5.74, 6) is 1.30. The summed E-state index contributed by atoms with van der Waals surface area (Å²) in [6, 6.07) is 0. The Hall–Kier alpha value is -0.170. The summed E-state index contributed by atoms with van der Waals surface area (Å²) in [4.78, 5) is 0. The number of ether oxygens (including phenoxy) is 1. The first-order valence-corrected chi connectivity index (χ1v) is 8.00. The van der Waals surface area contributed by atoms with Gasteiger partial charge in [0.2, 0.25) is 10.0 Å². The number of rotatable bonds is 5. The van der Waals surface area contributed by atoms with E-state index in [1.807, 2.05) is 6.92 Å². The highest BCUT2D eigenvalue weighted by Crippen LogP contribution is 2.27. The van der Waals surface area contributed by atoms with Crippen LogP contribution in [0.5, 0.6) is 0 Å². The molecule has 0 spiro atoms. The molecule has 2 heterocycles. The van der Waals surface area contributed by atoms with Crippen LogP contribution in [0.1, 0.15) is 13.3 Å². The first-order chi connectivity index (χ1) is 8.13.